The van der Waals surface area contributed by atoms with Gasteiger partial charge in [0.2, 0.25) is 0 Å². The Bertz CT molecular complexity index is 505. The summed E-state index contributed by atoms with van der Waals surface area (Å²) in [4.78, 5) is 47.9. The summed E-state index contributed by atoms with van der Waals surface area (Å²) in [7, 11) is 0. The average Bonchev–Trinajstić information content (AvgIpc) is 2.71. The quantitative estimate of drug-likeness (QED) is 0.0999. The molecule has 0 spiro atoms. The molecule has 0 rings (SSSR count). The van der Waals surface area contributed by atoms with Crippen molar-refractivity contribution < 1.29 is 38.1 Å². The molecule has 0 aliphatic carbocycles. The minimum Gasteiger partial charge on any atom is -0.466 e. The second-order valence-corrected chi connectivity index (χ2v) is 7.26. The van der Waals surface area contributed by atoms with E-state index >= 15 is 0 Å². The summed E-state index contributed by atoms with van der Waals surface area (Å²) in [6.07, 6.45) is 6.45. The van der Waals surface area contributed by atoms with Gasteiger partial charge >= 0.3 is 24.4 Å². The van der Waals surface area contributed by atoms with E-state index < -0.39 is 36.4 Å². The van der Waals surface area contributed by atoms with E-state index in [9.17, 15) is 19.2 Å². The first-order valence-electron chi connectivity index (χ1n) is 11.1. The highest BCUT2D eigenvalue weighted by Gasteiger charge is 2.46. The number of ether oxygens (including phenoxy) is 4. The molecule has 0 heterocycles. The Morgan fingerprint density at radius 1 is 0.700 bits per heavy atom. The molecule has 0 fully saturated rings. The molecule has 174 valence electrons. The molecule has 1 atom stereocenters. The number of esters is 3. The Labute approximate surface area is 180 Å². The van der Waals surface area contributed by atoms with E-state index in [0.29, 0.717) is 19.3 Å². The third-order valence-electron chi connectivity index (χ3n) is 4.53. The van der Waals surface area contributed by atoms with Gasteiger partial charge in [-0.15, -0.1) is 0 Å². The van der Waals surface area contributed by atoms with E-state index in [2.05, 4.69) is 4.74 Å². The molecule has 0 aliphatic heterocycles. The lowest BCUT2D eigenvalue weighted by atomic mass is 9.94. The summed E-state index contributed by atoms with van der Waals surface area (Å²) >= 11 is 0. The molecule has 0 saturated carbocycles. The van der Waals surface area contributed by atoms with Crippen LogP contribution in [0.3, 0.4) is 0 Å². The van der Waals surface area contributed by atoms with Crippen molar-refractivity contribution in [2.75, 3.05) is 19.8 Å². The molecule has 0 aliphatic rings. The Morgan fingerprint density at radius 2 is 1.20 bits per heavy atom. The fraction of sp³-hybridized carbons (Fsp3) is 0.818. The van der Waals surface area contributed by atoms with Gasteiger partial charge in [-0.05, 0) is 19.3 Å². The maximum atomic E-state index is 12.9. The highest BCUT2D eigenvalue weighted by molar-refractivity contribution is 5.91. The van der Waals surface area contributed by atoms with Crippen molar-refractivity contribution in [3.63, 3.8) is 0 Å². The molecule has 0 bridgehead atoms. The molecular weight excluding hydrogens is 392 g/mol. The Kier molecular flexibility index (Phi) is 16.7. The number of unbranched alkanes of at least 4 members (excludes halogenated alkanes) is 6. The third-order valence-corrected chi connectivity index (χ3v) is 4.53. The van der Waals surface area contributed by atoms with Crippen molar-refractivity contribution in [3.8, 4) is 0 Å². The van der Waals surface area contributed by atoms with Gasteiger partial charge in [-0.25, -0.2) is 4.79 Å². The second-order valence-electron chi connectivity index (χ2n) is 7.26. The van der Waals surface area contributed by atoms with Crippen molar-refractivity contribution in [3.05, 3.63) is 0 Å². The summed E-state index contributed by atoms with van der Waals surface area (Å²) in [6, 6.07) is 0. The zero-order valence-electron chi connectivity index (χ0n) is 18.7. The molecule has 0 aromatic rings. The maximum absolute atomic E-state index is 12.9. The highest BCUT2D eigenvalue weighted by atomic mass is 16.6. The van der Waals surface area contributed by atoms with Crippen LogP contribution in [-0.4, -0.2) is 49.8 Å². The van der Waals surface area contributed by atoms with Gasteiger partial charge in [0.1, 0.15) is 0 Å². The number of carbonyl (C=O) groups is 4. The lowest BCUT2D eigenvalue weighted by Gasteiger charge is -2.30. The number of carbonyl (C=O) groups excluding carboxylic acids is 4. The third kappa shape index (κ3) is 12.6. The van der Waals surface area contributed by atoms with Crippen LogP contribution in [0.15, 0.2) is 0 Å². The average molecular weight is 431 g/mol. The predicted molar refractivity (Wildman–Crippen MR) is 111 cm³/mol. The topological polar surface area (TPSA) is 105 Å². The Balaban J connectivity index is 5.36. The first-order valence-corrected chi connectivity index (χ1v) is 11.1. The summed E-state index contributed by atoms with van der Waals surface area (Å²) in [5, 5.41) is 0. The predicted octanol–water partition coefficient (Wildman–Crippen LogP) is 3.88. The minimum absolute atomic E-state index is 0.0141. The van der Waals surface area contributed by atoms with Gasteiger partial charge < -0.3 is 18.9 Å². The van der Waals surface area contributed by atoms with Crippen LogP contribution in [0.2, 0.25) is 0 Å². The SMILES string of the molecule is CCCCCOC(=O)CC(CC(=O)OC=O)(OCCCCC)C(=O)OCCCCC. The van der Waals surface area contributed by atoms with Crippen molar-refractivity contribution in [2.45, 2.75) is 97.0 Å². The molecule has 0 aromatic carbocycles. The normalized spacial score (nSPS) is 12.6. The van der Waals surface area contributed by atoms with Crippen molar-refractivity contribution in [2.24, 2.45) is 0 Å². The maximum Gasteiger partial charge on any atom is 0.339 e. The van der Waals surface area contributed by atoms with Gasteiger partial charge in [0.25, 0.3) is 0 Å². The van der Waals surface area contributed by atoms with Crippen LogP contribution in [0.5, 0.6) is 0 Å². The first kappa shape index (κ1) is 28.0. The smallest absolute Gasteiger partial charge is 0.339 e. The van der Waals surface area contributed by atoms with Crippen molar-refractivity contribution in [1.82, 2.24) is 0 Å². The van der Waals surface area contributed by atoms with Gasteiger partial charge in [-0.1, -0.05) is 59.3 Å². The van der Waals surface area contributed by atoms with E-state index in [4.69, 9.17) is 14.2 Å². The largest absolute Gasteiger partial charge is 0.466 e. The van der Waals surface area contributed by atoms with Gasteiger partial charge in [-0.3, -0.25) is 14.4 Å². The molecular formula is C22H38O8. The van der Waals surface area contributed by atoms with Crippen LogP contribution in [0, 0.1) is 0 Å². The van der Waals surface area contributed by atoms with Crippen LogP contribution >= 0.6 is 0 Å². The number of rotatable bonds is 19. The molecule has 8 nitrogen and oxygen atoms in total. The number of hydrogen-bond donors (Lipinski definition) is 0. The lowest BCUT2D eigenvalue weighted by Crippen LogP contribution is -2.47. The van der Waals surface area contributed by atoms with E-state index in [1.165, 1.54) is 0 Å². The standard InChI is InChI=1S/C22H38O8/c1-4-7-10-13-27-19(24)16-22(17-20(25)29-18-23,30-15-12-9-6-3)21(26)28-14-11-8-5-2/h18H,4-17H2,1-3H3. The summed E-state index contributed by atoms with van der Waals surface area (Å²) in [6.45, 7) is 6.60. The zero-order chi connectivity index (χ0) is 22.7. The van der Waals surface area contributed by atoms with Crippen molar-refractivity contribution >= 4 is 24.4 Å². The fourth-order valence-corrected chi connectivity index (χ4v) is 2.79. The minimum atomic E-state index is -1.87. The second kappa shape index (κ2) is 17.9. The molecule has 8 heteroatoms. The lowest BCUT2D eigenvalue weighted by molar-refractivity contribution is -0.186. The van der Waals surface area contributed by atoms with E-state index in [-0.39, 0.29) is 26.3 Å². The molecule has 1 unspecified atom stereocenters. The molecule has 0 saturated heterocycles. The summed E-state index contributed by atoms with van der Waals surface area (Å²) < 4.78 is 20.7. The first-order chi connectivity index (χ1) is 14.5. The highest BCUT2D eigenvalue weighted by Crippen LogP contribution is 2.26. The summed E-state index contributed by atoms with van der Waals surface area (Å²) in [5.41, 5.74) is -1.87. The molecule has 0 N–H and O–H groups in total. The zero-order valence-corrected chi connectivity index (χ0v) is 18.7. The molecule has 0 radical (unpaired) electrons. The van der Waals surface area contributed by atoms with Crippen LogP contribution in [0.4, 0.5) is 0 Å². The Hall–Kier alpha value is -1.96. The van der Waals surface area contributed by atoms with Crippen LogP contribution < -0.4 is 0 Å². The number of hydrogen-bond acceptors (Lipinski definition) is 8. The van der Waals surface area contributed by atoms with Gasteiger partial charge in [0.05, 0.1) is 26.1 Å². The molecule has 0 amide bonds. The summed E-state index contributed by atoms with van der Waals surface area (Å²) in [5.74, 6) is -2.45. The molecule has 0 aromatic heterocycles. The van der Waals surface area contributed by atoms with Crippen LogP contribution in [0.25, 0.3) is 0 Å². The fourth-order valence-electron chi connectivity index (χ4n) is 2.79. The van der Waals surface area contributed by atoms with Crippen LogP contribution in [0.1, 0.15) is 91.4 Å². The van der Waals surface area contributed by atoms with E-state index in [1.54, 1.807) is 0 Å². The monoisotopic (exact) mass is 430 g/mol. The Morgan fingerprint density at radius 3 is 1.73 bits per heavy atom. The van der Waals surface area contributed by atoms with E-state index in [0.717, 1.165) is 38.5 Å². The van der Waals surface area contributed by atoms with E-state index in [1.807, 2.05) is 20.8 Å². The van der Waals surface area contributed by atoms with Crippen LogP contribution in [-0.2, 0) is 38.1 Å². The van der Waals surface area contributed by atoms with Crippen molar-refractivity contribution in [1.29, 1.82) is 0 Å². The molecule has 30 heavy (non-hydrogen) atoms. The van der Waals surface area contributed by atoms with Gasteiger partial charge in [0.15, 0.2) is 5.60 Å². The van der Waals surface area contributed by atoms with Gasteiger partial charge in [0, 0.05) is 6.61 Å². The van der Waals surface area contributed by atoms with Gasteiger partial charge in [-0.2, -0.15) is 0 Å².